The third-order valence-electron chi connectivity index (χ3n) is 3.34. The molecule has 5 heteroatoms. The summed E-state index contributed by atoms with van der Waals surface area (Å²) in [5, 5.41) is 3.66. The number of aryl methyl sites for hydroxylation is 2. The van der Waals surface area contributed by atoms with E-state index in [1.165, 1.54) is 13.3 Å². The maximum absolute atomic E-state index is 5.91. The van der Waals surface area contributed by atoms with Crippen molar-refractivity contribution in [1.82, 2.24) is 0 Å². The lowest BCUT2D eigenvalue weighted by Crippen LogP contribution is -2.00. The van der Waals surface area contributed by atoms with Crippen LogP contribution in [0.5, 0.6) is 11.5 Å². The first-order chi connectivity index (χ1) is 11.6. The third-order valence-corrected chi connectivity index (χ3v) is 3.34. The van der Waals surface area contributed by atoms with E-state index in [0.29, 0.717) is 19.0 Å². The zero-order valence-electron chi connectivity index (χ0n) is 14.5. The largest absolute Gasteiger partial charge is 0.490 e. The van der Waals surface area contributed by atoms with Crippen LogP contribution in [-0.2, 0) is 11.4 Å². The molecule has 0 saturated carbocycles. The number of oxime groups is 1. The molecule has 0 amide bonds. The summed E-state index contributed by atoms with van der Waals surface area (Å²) in [7, 11) is 1.49. The van der Waals surface area contributed by atoms with E-state index >= 15 is 0 Å². The summed E-state index contributed by atoms with van der Waals surface area (Å²) < 4.78 is 17.2. The Kier molecular flexibility index (Phi) is 6.49. The number of rotatable bonds is 8. The Hall–Kier alpha value is -2.69. The molecule has 1 aromatic carbocycles. The van der Waals surface area contributed by atoms with Gasteiger partial charge in [0.1, 0.15) is 49.6 Å². The van der Waals surface area contributed by atoms with Gasteiger partial charge in [-0.1, -0.05) is 17.3 Å². The fraction of sp³-hybridized carbons (Fsp3) is 0.316. The highest BCUT2D eigenvalue weighted by atomic mass is 16.6. The summed E-state index contributed by atoms with van der Waals surface area (Å²) in [6, 6.07) is 7.63. The molecular formula is C19H23NO4. The van der Waals surface area contributed by atoms with Crippen molar-refractivity contribution in [3.8, 4) is 11.5 Å². The Labute approximate surface area is 142 Å². The Morgan fingerprint density at radius 2 is 1.88 bits per heavy atom. The first-order valence-electron chi connectivity index (χ1n) is 7.77. The van der Waals surface area contributed by atoms with Crippen molar-refractivity contribution in [2.75, 3.05) is 13.7 Å². The second-order valence-corrected chi connectivity index (χ2v) is 5.28. The fourth-order valence-electron chi connectivity index (χ4n) is 2.25. The number of hydrogen-bond acceptors (Lipinski definition) is 5. The molecule has 0 N–H and O–H groups in total. The van der Waals surface area contributed by atoms with E-state index in [-0.39, 0.29) is 0 Å². The molecular weight excluding hydrogens is 306 g/mol. The van der Waals surface area contributed by atoms with Crippen molar-refractivity contribution in [3.63, 3.8) is 0 Å². The summed E-state index contributed by atoms with van der Waals surface area (Å²) >= 11 is 0. The van der Waals surface area contributed by atoms with Gasteiger partial charge in [0.05, 0.1) is 0 Å². The molecule has 0 aliphatic heterocycles. The minimum absolute atomic E-state index is 0.348. The van der Waals surface area contributed by atoms with E-state index in [2.05, 4.69) is 9.99 Å². The molecule has 24 heavy (non-hydrogen) atoms. The zero-order chi connectivity index (χ0) is 17.4. The van der Waals surface area contributed by atoms with Crippen LogP contribution in [0.3, 0.4) is 0 Å². The number of allylic oxidation sites excluding steroid dienone is 1. The molecule has 0 radical (unpaired) electrons. The average Bonchev–Trinajstić information content (AvgIpc) is 3.00. The lowest BCUT2D eigenvalue weighted by molar-refractivity contribution is 0.214. The quantitative estimate of drug-likeness (QED) is 0.409. The standard InChI is InChI=1S/C19H23NO4/c1-5-6-9-22-18-10-14(2)19(15(3)11-18)23-13-17-8-7-16(24-17)12-20-21-4/h5-8,10-12H,9,13H2,1-4H3/b6-5+,20-12+. The molecule has 1 heterocycles. The van der Waals surface area contributed by atoms with Crippen molar-refractivity contribution in [2.24, 2.45) is 5.16 Å². The molecule has 128 valence electrons. The summed E-state index contributed by atoms with van der Waals surface area (Å²) in [5.74, 6) is 3.03. The van der Waals surface area contributed by atoms with Crippen LogP contribution >= 0.6 is 0 Å². The van der Waals surface area contributed by atoms with Gasteiger partial charge in [-0.3, -0.25) is 0 Å². The van der Waals surface area contributed by atoms with Crippen molar-refractivity contribution in [2.45, 2.75) is 27.4 Å². The maximum atomic E-state index is 5.91. The number of benzene rings is 1. The van der Waals surface area contributed by atoms with Gasteiger partial charge in [-0.15, -0.1) is 0 Å². The normalized spacial score (nSPS) is 11.3. The number of furan rings is 1. The van der Waals surface area contributed by atoms with Crippen LogP contribution < -0.4 is 9.47 Å². The Morgan fingerprint density at radius 1 is 1.12 bits per heavy atom. The highest BCUT2D eigenvalue weighted by Gasteiger charge is 2.09. The van der Waals surface area contributed by atoms with Gasteiger partial charge in [0.25, 0.3) is 0 Å². The molecule has 0 fully saturated rings. The van der Waals surface area contributed by atoms with Crippen LogP contribution in [0.1, 0.15) is 29.6 Å². The monoisotopic (exact) mass is 329 g/mol. The first-order valence-corrected chi connectivity index (χ1v) is 7.77. The van der Waals surface area contributed by atoms with E-state index < -0.39 is 0 Å². The molecule has 0 aliphatic carbocycles. The minimum Gasteiger partial charge on any atom is -0.490 e. The summed E-state index contributed by atoms with van der Waals surface area (Å²) in [4.78, 5) is 4.62. The second-order valence-electron chi connectivity index (χ2n) is 5.28. The van der Waals surface area contributed by atoms with Crippen molar-refractivity contribution < 1.29 is 18.7 Å². The number of ether oxygens (including phenoxy) is 2. The topological polar surface area (TPSA) is 53.2 Å². The van der Waals surface area contributed by atoms with Crippen molar-refractivity contribution in [3.05, 3.63) is 59.1 Å². The Morgan fingerprint density at radius 3 is 2.54 bits per heavy atom. The van der Waals surface area contributed by atoms with Gasteiger partial charge in [-0.25, -0.2) is 0 Å². The molecule has 0 aliphatic rings. The van der Waals surface area contributed by atoms with E-state index in [1.807, 2.05) is 57.2 Å². The van der Waals surface area contributed by atoms with Crippen LogP contribution in [0.25, 0.3) is 0 Å². The lowest BCUT2D eigenvalue weighted by Gasteiger charge is -2.13. The van der Waals surface area contributed by atoms with E-state index in [0.717, 1.165) is 28.4 Å². The van der Waals surface area contributed by atoms with Crippen LogP contribution in [0.15, 0.2) is 46.0 Å². The molecule has 0 saturated heterocycles. The van der Waals surface area contributed by atoms with Gasteiger partial charge in [0.2, 0.25) is 0 Å². The van der Waals surface area contributed by atoms with Crippen molar-refractivity contribution >= 4 is 6.21 Å². The third kappa shape index (κ3) is 4.91. The molecule has 2 rings (SSSR count). The molecule has 1 aromatic heterocycles. The second kappa shape index (κ2) is 8.82. The Balaban J connectivity index is 2.01. The zero-order valence-corrected chi connectivity index (χ0v) is 14.5. The van der Waals surface area contributed by atoms with Gasteiger partial charge in [0, 0.05) is 0 Å². The predicted octanol–water partition coefficient (Wildman–Crippen LogP) is 4.41. The molecule has 0 atom stereocenters. The van der Waals surface area contributed by atoms with Crippen molar-refractivity contribution in [1.29, 1.82) is 0 Å². The molecule has 0 bridgehead atoms. The smallest absolute Gasteiger partial charge is 0.148 e. The van der Waals surface area contributed by atoms with Gasteiger partial charge < -0.3 is 18.7 Å². The highest BCUT2D eigenvalue weighted by Crippen LogP contribution is 2.29. The summed E-state index contributed by atoms with van der Waals surface area (Å²) in [6.45, 7) is 6.89. The van der Waals surface area contributed by atoms with Gasteiger partial charge in [-0.05, 0) is 56.2 Å². The van der Waals surface area contributed by atoms with E-state index in [1.54, 1.807) is 0 Å². The van der Waals surface area contributed by atoms with Crippen LogP contribution in [0, 0.1) is 13.8 Å². The number of nitrogens with zero attached hydrogens (tertiary/aromatic N) is 1. The summed E-state index contributed by atoms with van der Waals surface area (Å²) in [5.41, 5.74) is 2.05. The minimum atomic E-state index is 0.348. The van der Waals surface area contributed by atoms with Crippen LogP contribution in [0.2, 0.25) is 0 Å². The summed E-state index contributed by atoms with van der Waals surface area (Å²) in [6.07, 6.45) is 5.44. The van der Waals surface area contributed by atoms with Crippen LogP contribution in [0.4, 0.5) is 0 Å². The van der Waals surface area contributed by atoms with Gasteiger partial charge >= 0.3 is 0 Å². The molecule has 2 aromatic rings. The maximum Gasteiger partial charge on any atom is 0.148 e. The van der Waals surface area contributed by atoms with Crippen LogP contribution in [-0.4, -0.2) is 19.9 Å². The SMILES string of the molecule is C/C=C/COc1cc(C)c(OCc2ccc(/C=N/OC)o2)c(C)c1. The first kappa shape index (κ1) is 17.7. The fourth-order valence-corrected chi connectivity index (χ4v) is 2.25. The van der Waals surface area contributed by atoms with Gasteiger partial charge in [0.15, 0.2) is 0 Å². The number of hydrogen-bond donors (Lipinski definition) is 0. The van der Waals surface area contributed by atoms with E-state index in [4.69, 9.17) is 13.9 Å². The molecule has 0 spiro atoms. The highest BCUT2D eigenvalue weighted by molar-refractivity contribution is 5.75. The molecule has 5 nitrogen and oxygen atoms in total. The van der Waals surface area contributed by atoms with Gasteiger partial charge in [-0.2, -0.15) is 0 Å². The Bertz CT molecular complexity index is 693. The van der Waals surface area contributed by atoms with E-state index in [9.17, 15) is 0 Å². The average molecular weight is 329 g/mol. The lowest BCUT2D eigenvalue weighted by atomic mass is 10.1. The molecule has 0 unspecified atom stereocenters. The predicted molar refractivity (Wildman–Crippen MR) is 93.9 cm³/mol.